The second kappa shape index (κ2) is 9.45. The zero-order valence-electron chi connectivity index (χ0n) is 16.4. The molecule has 0 spiro atoms. The Hall–Kier alpha value is -2.49. The van der Waals surface area contributed by atoms with Crippen LogP contribution in [-0.2, 0) is 11.2 Å². The van der Waals surface area contributed by atoms with Gasteiger partial charge in [0.15, 0.2) is 0 Å². The van der Waals surface area contributed by atoms with Gasteiger partial charge < -0.3 is 15.0 Å². The maximum absolute atomic E-state index is 12.4. The average molecular weight is 367 g/mol. The molecule has 1 saturated heterocycles. The molecular formula is C23H30N2O2. The standard InChI is InChI=1S/C23H30N2O2/c1-18-8-10-21(11-9-18)25-15-12-20(13-16-25)23(26)24-14-4-6-19-5-3-7-22(17-19)27-2/h3,5,7-11,17,20H,4,6,12-16H2,1-2H3,(H,24,26). The number of benzene rings is 2. The predicted octanol–water partition coefficient (Wildman–Crippen LogP) is 3.97. The maximum atomic E-state index is 12.4. The van der Waals surface area contributed by atoms with Crippen LogP contribution < -0.4 is 15.0 Å². The lowest BCUT2D eigenvalue weighted by Gasteiger charge is -2.33. The van der Waals surface area contributed by atoms with Crippen molar-refractivity contribution >= 4 is 11.6 Å². The highest BCUT2D eigenvalue weighted by molar-refractivity contribution is 5.79. The minimum Gasteiger partial charge on any atom is -0.497 e. The minimum atomic E-state index is 0.142. The molecule has 27 heavy (non-hydrogen) atoms. The number of anilines is 1. The van der Waals surface area contributed by atoms with Gasteiger partial charge in [0.25, 0.3) is 0 Å². The monoisotopic (exact) mass is 366 g/mol. The summed E-state index contributed by atoms with van der Waals surface area (Å²) in [7, 11) is 1.68. The molecule has 2 aromatic rings. The molecule has 4 nitrogen and oxygen atoms in total. The molecular weight excluding hydrogens is 336 g/mol. The normalized spacial score (nSPS) is 14.8. The smallest absolute Gasteiger partial charge is 0.223 e. The highest BCUT2D eigenvalue weighted by Crippen LogP contribution is 2.23. The van der Waals surface area contributed by atoms with E-state index in [9.17, 15) is 4.79 Å². The average Bonchev–Trinajstić information content (AvgIpc) is 2.72. The van der Waals surface area contributed by atoms with Gasteiger partial charge in [-0.1, -0.05) is 29.8 Å². The van der Waals surface area contributed by atoms with E-state index in [1.54, 1.807) is 7.11 Å². The van der Waals surface area contributed by atoms with Crippen molar-refractivity contribution < 1.29 is 9.53 Å². The quantitative estimate of drug-likeness (QED) is 0.754. The number of nitrogens with zero attached hydrogens (tertiary/aromatic N) is 1. The Labute approximate surface area is 162 Å². The van der Waals surface area contributed by atoms with Crippen LogP contribution in [0.25, 0.3) is 0 Å². The van der Waals surface area contributed by atoms with Gasteiger partial charge in [-0.25, -0.2) is 0 Å². The molecule has 144 valence electrons. The largest absolute Gasteiger partial charge is 0.497 e. The number of amides is 1. The van der Waals surface area contributed by atoms with E-state index in [-0.39, 0.29) is 11.8 Å². The topological polar surface area (TPSA) is 41.6 Å². The zero-order chi connectivity index (χ0) is 19.1. The van der Waals surface area contributed by atoms with Gasteiger partial charge in [-0.3, -0.25) is 4.79 Å². The van der Waals surface area contributed by atoms with Crippen molar-refractivity contribution in [3.63, 3.8) is 0 Å². The van der Waals surface area contributed by atoms with Crippen LogP contribution in [0.3, 0.4) is 0 Å². The van der Waals surface area contributed by atoms with Crippen LogP contribution in [-0.4, -0.2) is 32.7 Å². The van der Waals surface area contributed by atoms with E-state index >= 15 is 0 Å². The van der Waals surface area contributed by atoms with E-state index in [0.29, 0.717) is 0 Å². The Morgan fingerprint density at radius 2 is 1.89 bits per heavy atom. The third kappa shape index (κ3) is 5.49. The first-order valence-corrected chi connectivity index (χ1v) is 9.88. The first kappa shape index (κ1) is 19.3. The molecule has 1 fully saturated rings. The van der Waals surface area contributed by atoms with Crippen molar-refractivity contribution in [3.05, 3.63) is 59.7 Å². The summed E-state index contributed by atoms with van der Waals surface area (Å²) in [6, 6.07) is 16.8. The fourth-order valence-electron chi connectivity index (χ4n) is 3.63. The molecule has 1 N–H and O–H groups in total. The molecule has 0 radical (unpaired) electrons. The summed E-state index contributed by atoms with van der Waals surface area (Å²) in [5, 5.41) is 3.12. The van der Waals surface area contributed by atoms with Crippen LogP contribution in [0.5, 0.6) is 5.75 Å². The number of aryl methyl sites for hydroxylation is 2. The molecule has 2 aromatic carbocycles. The lowest BCUT2D eigenvalue weighted by molar-refractivity contribution is -0.125. The van der Waals surface area contributed by atoms with Gasteiger partial charge in [-0.05, 0) is 62.4 Å². The van der Waals surface area contributed by atoms with E-state index < -0.39 is 0 Å². The summed E-state index contributed by atoms with van der Waals surface area (Å²) in [6.07, 6.45) is 3.75. The molecule has 1 aliphatic heterocycles. The van der Waals surface area contributed by atoms with Crippen LogP contribution in [0, 0.1) is 12.8 Å². The van der Waals surface area contributed by atoms with Gasteiger partial charge in [0.2, 0.25) is 5.91 Å². The zero-order valence-corrected chi connectivity index (χ0v) is 16.4. The highest BCUT2D eigenvalue weighted by atomic mass is 16.5. The van der Waals surface area contributed by atoms with Crippen LogP contribution in [0.4, 0.5) is 5.69 Å². The van der Waals surface area contributed by atoms with E-state index in [0.717, 1.165) is 51.1 Å². The minimum absolute atomic E-state index is 0.142. The van der Waals surface area contributed by atoms with Crippen molar-refractivity contribution in [3.8, 4) is 5.75 Å². The van der Waals surface area contributed by atoms with Crippen molar-refractivity contribution in [1.29, 1.82) is 0 Å². The molecule has 0 bridgehead atoms. The third-order valence-electron chi connectivity index (χ3n) is 5.34. The molecule has 1 amide bonds. The molecule has 0 saturated carbocycles. The number of carbonyl (C=O) groups is 1. The molecule has 0 unspecified atom stereocenters. The number of piperidine rings is 1. The fraction of sp³-hybridized carbons (Fsp3) is 0.435. The molecule has 0 aromatic heterocycles. The van der Waals surface area contributed by atoms with Crippen LogP contribution in [0.15, 0.2) is 48.5 Å². The Balaban J connectivity index is 1.37. The van der Waals surface area contributed by atoms with Gasteiger partial charge in [0.1, 0.15) is 5.75 Å². The number of ether oxygens (including phenoxy) is 1. The summed E-state index contributed by atoms with van der Waals surface area (Å²) in [4.78, 5) is 14.8. The van der Waals surface area contributed by atoms with Gasteiger partial charge >= 0.3 is 0 Å². The summed E-state index contributed by atoms with van der Waals surface area (Å²) < 4.78 is 5.25. The summed E-state index contributed by atoms with van der Waals surface area (Å²) in [5.41, 5.74) is 3.79. The van der Waals surface area contributed by atoms with Gasteiger partial charge in [0, 0.05) is 31.2 Å². The predicted molar refractivity (Wildman–Crippen MR) is 110 cm³/mol. The third-order valence-corrected chi connectivity index (χ3v) is 5.34. The van der Waals surface area contributed by atoms with Gasteiger partial charge in [-0.2, -0.15) is 0 Å². The Kier molecular flexibility index (Phi) is 6.74. The molecule has 1 aliphatic rings. The summed E-state index contributed by atoms with van der Waals surface area (Å²) >= 11 is 0. The van der Waals surface area contributed by atoms with Gasteiger partial charge in [-0.15, -0.1) is 0 Å². The van der Waals surface area contributed by atoms with Crippen molar-refractivity contribution in [1.82, 2.24) is 5.32 Å². The number of hydrogen-bond acceptors (Lipinski definition) is 3. The number of rotatable bonds is 7. The van der Waals surface area contributed by atoms with E-state index in [1.165, 1.54) is 16.8 Å². The fourth-order valence-corrected chi connectivity index (χ4v) is 3.63. The Morgan fingerprint density at radius 3 is 2.59 bits per heavy atom. The van der Waals surface area contributed by atoms with Gasteiger partial charge in [0.05, 0.1) is 7.11 Å². The first-order chi connectivity index (χ1) is 13.2. The summed E-state index contributed by atoms with van der Waals surface area (Å²) in [5.74, 6) is 1.24. The number of nitrogens with one attached hydrogen (secondary N) is 1. The second-order valence-electron chi connectivity index (χ2n) is 7.34. The maximum Gasteiger partial charge on any atom is 0.223 e. The number of methoxy groups -OCH3 is 1. The lowest BCUT2D eigenvalue weighted by atomic mass is 9.95. The van der Waals surface area contributed by atoms with Crippen molar-refractivity contribution in [2.45, 2.75) is 32.6 Å². The molecule has 4 heteroatoms. The van der Waals surface area contributed by atoms with E-state index in [2.05, 4.69) is 53.5 Å². The molecule has 0 aliphatic carbocycles. The Bertz CT molecular complexity index is 734. The molecule has 0 atom stereocenters. The van der Waals surface area contributed by atoms with E-state index in [4.69, 9.17) is 4.74 Å². The number of carbonyl (C=O) groups excluding carboxylic acids is 1. The lowest BCUT2D eigenvalue weighted by Crippen LogP contribution is -2.40. The van der Waals surface area contributed by atoms with Crippen LogP contribution >= 0.6 is 0 Å². The van der Waals surface area contributed by atoms with Crippen LogP contribution in [0.2, 0.25) is 0 Å². The van der Waals surface area contributed by atoms with Crippen molar-refractivity contribution in [2.75, 3.05) is 31.6 Å². The second-order valence-corrected chi connectivity index (χ2v) is 7.34. The summed E-state index contributed by atoms with van der Waals surface area (Å²) in [6.45, 7) is 4.73. The van der Waals surface area contributed by atoms with E-state index in [1.807, 2.05) is 12.1 Å². The highest BCUT2D eigenvalue weighted by Gasteiger charge is 2.24. The number of hydrogen-bond donors (Lipinski definition) is 1. The Morgan fingerprint density at radius 1 is 1.15 bits per heavy atom. The first-order valence-electron chi connectivity index (χ1n) is 9.88. The SMILES string of the molecule is COc1cccc(CCCNC(=O)C2CCN(c3ccc(C)cc3)CC2)c1. The molecule has 1 heterocycles. The van der Waals surface area contributed by atoms with Crippen LogP contribution in [0.1, 0.15) is 30.4 Å². The molecule has 3 rings (SSSR count). The van der Waals surface area contributed by atoms with Crippen molar-refractivity contribution in [2.24, 2.45) is 5.92 Å².